The van der Waals surface area contributed by atoms with Gasteiger partial charge in [0.15, 0.2) is 0 Å². The van der Waals surface area contributed by atoms with Crippen molar-refractivity contribution < 1.29 is 13.2 Å². The summed E-state index contributed by atoms with van der Waals surface area (Å²) in [6, 6.07) is 5.77. The fourth-order valence-electron chi connectivity index (χ4n) is 2.18. The van der Waals surface area contributed by atoms with Gasteiger partial charge >= 0.3 is 0 Å². The van der Waals surface area contributed by atoms with Crippen LogP contribution in [0.3, 0.4) is 0 Å². The van der Waals surface area contributed by atoms with E-state index in [1.807, 2.05) is 4.90 Å². The van der Waals surface area contributed by atoms with E-state index in [-0.39, 0.29) is 10.8 Å². The van der Waals surface area contributed by atoms with Gasteiger partial charge in [0.2, 0.25) is 10.0 Å². The highest BCUT2D eigenvalue weighted by Crippen LogP contribution is 2.18. The zero-order valence-corrected chi connectivity index (χ0v) is 11.7. The van der Waals surface area contributed by atoms with E-state index in [9.17, 15) is 13.2 Å². The Morgan fingerprint density at radius 3 is 2.21 bits per heavy atom. The summed E-state index contributed by atoms with van der Waals surface area (Å²) in [5.41, 5.74) is 0.502. The van der Waals surface area contributed by atoms with Crippen LogP contribution < -0.4 is 5.14 Å². The molecule has 0 bridgehead atoms. The molecule has 1 amide bonds. The second kappa shape index (κ2) is 5.30. The number of benzene rings is 1. The molecule has 1 heterocycles. The van der Waals surface area contributed by atoms with E-state index in [1.54, 1.807) is 0 Å². The normalized spacial score (nSPS) is 17.5. The van der Waals surface area contributed by atoms with Crippen LogP contribution in [-0.2, 0) is 10.0 Å². The molecule has 0 spiro atoms. The number of piperidine rings is 1. The number of likely N-dealkylation sites (tertiary alicyclic amines) is 1. The van der Waals surface area contributed by atoms with Crippen LogP contribution in [0, 0.1) is 5.92 Å². The second-order valence-corrected chi connectivity index (χ2v) is 6.61. The highest BCUT2D eigenvalue weighted by Gasteiger charge is 2.21. The molecule has 2 N–H and O–H groups in total. The highest BCUT2D eigenvalue weighted by atomic mass is 32.2. The Balaban J connectivity index is 2.12. The maximum absolute atomic E-state index is 12.2. The van der Waals surface area contributed by atoms with Crippen molar-refractivity contribution in [3.63, 3.8) is 0 Å². The van der Waals surface area contributed by atoms with Crippen LogP contribution in [0.5, 0.6) is 0 Å². The topological polar surface area (TPSA) is 80.5 Å². The SMILES string of the molecule is CC1CCN(C(=O)c2ccc(S(N)(=O)=O)cc2)CC1. The number of hydrogen-bond donors (Lipinski definition) is 1. The lowest BCUT2D eigenvalue weighted by Crippen LogP contribution is -2.37. The summed E-state index contributed by atoms with van der Waals surface area (Å²) in [6.45, 7) is 3.70. The number of nitrogens with zero attached hydrogens (tertiary/aromatic N) is 1. The zero-order chi connectivity index (χ0) is 14.0. The zero-order valence-electron chi connectivity index (χ0n) is 10.9. The van der Waals surface area contributed by atoms with E-state index in [4.69, 9.17) is 5.14 Å². The number of hydrogen-bond acceptors (Lipinski definition) is 3. The average molecular weight is 282 g/mol. The third-order valence-corrected chi connectivity index (χ3v) is 4.43. The Labute approximate surface area is 113 Å². The van der Waals surface area contributed by atoms with Crippen LogP contribution >= 0.6 is 0 Å². The third-order valence-electron chi connectivity index (χ3n) is 3.50. The molecule has 1 aliphatic heterocycles. The first-order chi connectivity index (χ1) is 8.88. The lowest BCUT2D eigenvalue weighted by Gasteiger charge is -2.30. The lowest BCUT2D eigenvalue weighted by molar-refractivity contribution is 0.0697. The smallest absolute Gasteiger partial charge is 0.253 e. The van der Waals surface area contributed by atoms with Gasteiger partial charge in [-0.15, -0.1) is 0 Å². The molecule has 1 fully saturated rings. The minimum atomic E-state index is -3.70. The number of carbonyl (C=O) groups excluding carboxylic acids is 1. The van der Waals surface area contributed by atoms with Gasteiger partial charge < -0.3 is 4.90 Å². The number of nitrogens with two attached hydrogens (primary N) is 1. The Bertz CT molecular complexity index is 558. The van der Waals surface area contributed by atoms with Gasteiger partial charge in [0.1, 0.15) is 0 Å². The minimum Gasteiger partial charge on any atom is -0.339 e. The van der Waals surface area contributed by atoms with E-state index in [0.717, 1.165) is 25.9 Å². The maximum Gasteiger partial charge on any atom is 0.253 e. The standard InChI is InChI=1S/C13H18N2O3S/c1-10-6-8-15(9-7-10)13(16)11-2-4-12(5-3-11)19(14,17)18/h2-5,10H,6-9H2,1H3,(H2,14,17,18). The first-order valence-corrected chi connectivity index (χ1v) is 7.84. The Morgan fingerprint density at radius 2 is 1.74 bits per heavy atom. The summed E-state index contributed by atoms with van der Waals surface area (Å²) in [5.74, 6) is 0.613. The lowest BCUT2D eigenvalue weighted by atomic mass is 9.98. The van der Waals surface area contributed by atoms with E-state index in [2.05, 4.69) is 6.92 Å². The molecule has 1 aliphatic rings. The Kier molecular flexibility index (Phi) is 3.91. The van der Waals surface area contributed by atoms with Gasteiger partial charge in [-0.1, -0.05) is 6.92 Å². The summed E-state index contributed by atoms with van der Waals surface area (Å²) in [4.78, 5) is 14.0. The fourth-order valence-corrected chi connectivity index (χ4v) is 2.70. The number of carbonyl (C=O) groups is 1. The molecule has 6 heteroatoms. The van der Waals surface area contributed by atoms with Crippen LogP contribution in [0.2, 0.25) is 0 Å². The van der Waals surface area contributed by atoms with Crippen LogP contribution in [0.1, 0.15) is 30.1 Å². The average Bonchev–Trinajstić information content (AvgIpc) is 2.38. The van der Waals surface area contributed by atoms with E-state index < -0.39 is 10.0 Å². The predicted octanol–water partition coefficient (Wildman–Crippen LogP) is 1.21. The second-order valence-electron chi connectivity index (χ2n) is 5.04. The molecule has 19 heavy (non-hydrogen) atoms. The summed E-state index contributed by atoms with van der Waals surface area (Å²) >= 11 is 0. The first kappa shape index (κ1) is 14.0. The van der Waals surface area contributed by atoms with Gasteiger partial charge in [0, 0.05) is 18.7 Å². The van der Waals surface area contributed by atoms with Gasteiger partial charge in [0.25, 0.3) is 5.91 Å². The fraction of sp³-hybridized carbons (Fsp3) is 0.462. The van der Waals surface area contributed by atoms with E-state index in [0.29, 0.717) is 11.5 Å². The van der Waals surface area contributed by atoms with Crippen molar-refractivity contribution in [3.8, 4) is 0 Å². The van der Waals surface area contributed by atoms with E-state index >= 15 is 0 Å². The number of sulfonamides is 1. The molecule has 104 valence electrons. The van der Waals surface area contributed by atoms with Crippen LogP contribution in [0.15, 0.2) is 29.2 Å². The quantitative estimate of drug-likeness (QED) is 0.885. The van der Waals surface area contributed by atoms with Gasteiger partial charge in [-0.25, -0.2) is 13.6 Å². The van der Waals surface area contributed by atoms with Gasteiger partial charge in [-0.2, -0.15) is 0 Å². The molecule has 2 rings (SSSR count). The molecule has 1 aromatic rings. The van der Waals surface area contributed by atoms with Crippen LogP contribution in [0.4, 0.5) is 0 Å². The maximum atomic E-state index is 12.2. The molecule has 0 aliphatic carbocycles. The monoisotopic (exact) mass is 282 g/mol. The summed E-state index contributed by atoms with van der Waals surface area (Å²) in [5, 5.41) is 5.02. The molecule has 0 atom stereocenters. The summed E-state index contributed by atoms with van der Waals surface area (Å²) in [7, 11) is -3.70. The largest absolute Gasteiger partial charge is 0.339 e. The van der Waals surface area contributed by atoms with Gasteiger partial charge in [0.05, 0.1) is 4.90 Å². The highest BCUT2D eigenvalue weighted by molar-refractivity contribution is 7.89. The van der Waals surface area contributed by atoms with Crippen molar-refractivity contribution in [2.45, 2.75) is 24.7 Å². The molecule has 0 unspecified atom stereocenters. The molecule has 1 aromatic carbocycles. The van der Waals surface area contributed by atoms with Crippen molar-refractivity contribution in [1.82, 2.24) is 4.90 Å². The number of primary sulfonamides is 1. The molecule has 0 aromatic heterocycles. The summed E-state index contributed by atoms with van der Waals surface area (Å²) in [6.07, 6.45) is 2.03. The predicted molar refractivity (Wildman–Crippen MR) is 72.1 cm³/mol. The van der Waals surface area contributed by atoms with Crippen molar-refractivity contribution >= 4 is 15.9 Å². The van der Waals surface area contributed by atoms with Crippen molar-refractivity contribution in [2.24, 2.45) is 11.1 Å². The Hall–Kier alpha value is -1.40. The molecule has 1 saturated heterocycles. The van der Waals surface area contributed by atoms with Crippen molar-refractivity contribution in [2.75, 3.05) is 13.1 Å². The van der Waals surface area contributed by atoms with Crippen LogP contribution in [0.25, 0.3) is 0 Å². The third kappa shape index (κ3) is 3.33. The van der Waals surface area contributed by atoms with Gasteiger partial charge in [-0.05, 0) is 43.0 Å². The molecular formula is C13H18N2O3S. The summed E-state index contributed by atoms with van der Waals surface area (Å²) < 4.78 is 22.3. The number of amides is 1. The molecule has 5 nitrogen and oxygen atoms in total. The Morgan fingerprint density at radius 1 is 1.21 bits per heavy atom. The molecular weight excluding hydrogens is 264 g/mol. The van der Waals surface area contributed by atoms with Crippen LogP contribution in [-0.4, -0.2) is 32.3 Å². The molecule has 0 saturated carbocycles. The van der Waals surface area contributed by atoms with Crippen molar-refractivity contribution in [3.05, 3.63) is 29.8 Å². The van der Waals surface area contributed by atoms with E-state index in [1.165, 1.54) is 24.3 Å². The first-order valence-electron chi connectivity index (χ1n) is 6.30. The van der Waals surface area contributed by atoms with Crippen molar-refractivity contribution in [1.29, 1.82) is 0 Å². The minimum absolute atomic E-state index is 0.0244. The number of rotatable bonds is 2. The molecule has 0 radical (unpaired) electrons. The van der Waals surface area contributed by atoms with Gasteiger partial charge in [-0.3, -0.25) is 4.79 Å².